The number of carboxylic acid groups (broad SMARTS) is 1. The highest BCUT2D eigenvalue weighted by Crippen LogP contribution is 2.35. The van der Waals surface area contributed by atoms with Crippen LogP contribution in [0.5, 0.6) is 5.75 Å². The van der Waals surface area contributed by atoms with Crippen LogP contribution in [-0.2, 0) is 9.59 Å². The van der Waals surface area contributed by atoms with Gasteiger partial charge in [-0.15, -0.1) is 0 Å². The summed E-state index contributed by atoms with van der Waals surface area (Å²) in [5.41, 5.74) is 0.200. The van der Waals surface area contributed by atoms with E-state index in [1.54, 1.807) is 6.07 Å². The van der Waals surface area contributed by atoms with Gasteiger partial charge in [-0.2, -0.15) is 0 Å². The molecule has 1 fully saturated rings. The maximum Gasteiger partial charge on any atom is 0.306 e. The molecule has 2 N–H and O–H groups in total. The maximum atomic E-state index is 12.4. The molecule has 1 aromatic rings. The van der Waals surface area contributed by atoms with Crippen molar-refractivity contribution in [2.45, 2.75) is 32.1 Å². The van der Waals surface area contributed by atoms with Crippen LogP contribution in [0.1, 0.15) is 25.7 Å². The number of carbonyl (C=O) groups is 2. The number of nitrogens with one attached hydrogen (secondary N) is 1. The van der Waals surface area contributed by atoms with Crippen LogP contribution in [0.25, 0.3) is 0 Å². The molecule has 24 heavy (non-hydrogen) atoms. The molecule has 0 bridgehead atoms. The molecule has 0 heterocycles. The molecule has 0 radical (unpaired) electrons. The molecule has 1 aromatic carbocycles. The maximum absolute atomic E-state index is 12.4. The standard InChI is InChI=1S/C16H18ClF2NO4/c17-11-5-2-6-12(14(11)24-8-13(18)19)20-15(21)9-3-1-4-10(7-9)16(22)23/h2,5-6,9-10,13H,1,3-4,7-8H2,(H,20,21)(H,22,23). The van der Waals surface area contributed by atoms with Gasteiger partial charge in [0.2, 0.25) is 5.91 Å². The number of anilines is 1. The zero-order valence-corrected chi connectivity index (χ0v) is 13.6. The summed E-state index contributed by atoms with van der Waals surface area (Å²) in [5, 5.41) is 11.8. The number of para-hydroxylation sites is 1. The van der Waals surface area contributed by atoms with E-state index in [4.69, 9.17) is 21.4 Å². The van der Waals surface area contributed by atoms with Gasteiger partial charge in [0.05, 0.1) is 16.6 Å². The summed E-state index contributed by atoms with van der Waals surface area (Å²) in [6.07, 6.45) is -0.615. The zero-order chi connectivity index (χ0) is 17.7. The van der Waals surface area contributed by atoms with Crippen molar-refractivity contribution in [1.29, 1.82) is 0 Å². The van der Waals surface area contributed by atoms with Crippen LogP contribution in [0.4, 0.5) is 14.5 Å². The minimum absolute atomic E-state index is 0.0154. The molecule has 0 spiro atoms. The van der Waals surface area contributed by atoms with Gasteiger partial charge in [0.1, 0.15) is 6.61 Å². The van der Waals surface area contributed by atoms with Crippen LogP contribution in [0.2, 0.25) is 5.02 Å². The average Bonchev–Trinajstić information content (AvgIpc) is 2.54. The van der Waals surface area contributed by atoms with Crippen LogP contribution in [0, 0.1) is 11.8 Å². The molecule has 0 aliphatic heterocycles. The van der Waals surface area contributed by atoms with Crippen molar-refractivity contribution in [3.63, 3.8) is 0 Å². The van der Waals surface area contributed by atoms with Gasteiger partial charge in [0, 0.05) is 5.92 Å². The van der Waals surface area contributed by atoms with Gasteiger partial charge < -0.3 is 15.2 Å². The highest BCUT2D eigenvalue weighted by Gasteiger charge is 2.31. The van der Waals surface area contributed by atoms with Gasteiger partial charge >= 0.3 is 5.97 Å². The summed E-state index contributed by atoms with van der Waals surface area (Å²) >= 11 is 5.95. The Morgan fingerprint density at radius 2 is 2.04 bits per heavy atom. The number of ether oxygens (including phenoxy) is 1. The van der Waals surface area contributed by atoms with E-state index in [9.17, 15) is 18.4 Å². The number of halogens is 3. The van der Waals surface area contributed by atoms with E-state index in [1.807, 2.05) is 0 Å². The number of carbonyl (C=O) groups excluding carboxylic acids is 1. The molecule has 1 amide bonds. The lowest BCUT2D eigenvalue weighted by atomic mass is 9.81. The lowest BCUT2D eigenvalue weighted by Crippen LogP contribution is -2.31. The minimum Gasteiger partial charge on any atom is -0.484 e. The number of benzene rings is 1. The predicted octanol–water partition coefficient (Wildman–Crippen LogP) is 3.81. The number of hydrogen-bond acceptors (Lipinski definition) is 3. The topological polar surface area (TPSA) is 75.6 Å². The summed E-state index contributed by atoms with van der Waals surface area (Å²) in [6, 6.07) is 4.54. The smallest absolute Gasteiger partial charge is 0.306 e. The van der Waals surface area contributed by atoms with Crippen molar-refractivity contribution in [3.05, 3.63) is 23.2 Å². The van der Waals surface area contributed by atoms with Crippen LogP contribution in [-0.4, -0.2) is 30.0 Å². The summed E-state index contributed by atoms with van der Waals surface area (Å²) in [6.45, 7) is -0.836. The third-order valence-corrected chi connectivity index (χ3v) is 4.27. The van der Waals surface area contributed by atoms with E-state index in [0.29, 0.717) is 19.3 Å². The van der Waals surface area contributed by atoms with Gasteiger partial charge in [-0.3, -0.25) is 9.59 Å². The van der Waals surface area contributed by atoms with E-state index < -0.39 is 30.8 Å². The largest absolute Gasteiger partial charge is 0.484 e. The Morgan fingerprint density at radius 1 is 1.33 bits per heavy atom. The normalized spacial score (nSPS) is 20.7. The molecule has 1 aliphatic rings. The Kier molecular flexibility index (Phi) is 6.36. The van der Waals surface area contributed by atoms with Crippen molar-refractivity contribution in [2.24, 2.45) is 11.8 Å². The molecule has 5 nitrogen and oxygen atoms in total. The zero-order valence-electron chi connectivity index (χ0n) is 12.8. The van der Waals surface area contributed by atoms with E-state index >= 15 is 0 Å². The molecular weight excluding hydrogens is 344 g/mol. The number of hydrogen-bond donors (Lipinski definition) is 2. The first-order valence-electron chi connectivity index (χ1n) is 7.61. The van der Waals surface area contributed by atoms with E-state index in [-0.39, 0.29) is 28.8 Å². The van der Waals surface area contributed by atoms with Crippen LogP contribution in [0.3, 0.4) is 0 Å². The fourth-order valence-electron chi connectivity index (χ4n) is 2.79. The first-order chi connectivity index (χ1) is 11.4. The summed E-state index contributed by atoms with van der Waals surface area (Å²) in [4.78, 5) is 23.5. The first-order valence-corrected chi connectivity index (χ1v) is 7.99. The van der Waals surface area contributed by atoms with E-state index in [0.717, 1.165) is 0 Å². The number of carboxylic acids is 1. The quantitative estimate of drug-likeness (QED) is 0.807. The molecule has 0 aromatic heterocycles. The van der Waals surface area contributed by atoms with Gasteiger partial charge in [-0.25, -0.2) is 8.78 Å². The van der Waals surface area contributed by atoms with Crippen LogP contribution in [0.15, 0.2) is 18.2 Å². The lowest BCUT2D eigenvalue weighted by molar-refractivity contribution is -0.143. The molecule has 2 unspecified atom stereocenters. The second-order valence-electron chi connectivity index (χ2n) is 5.71. The van der Waals surface area contributed by atoms with Crippen molar-refractivity contribution < 1.29 is 28.2 Å². The monoisotopic (exact) mass is 361 g/mol. The Bertz CT molecular complexity index is 612. The molecule has 132 valence electrons. The average molecular weight is 362 g/mol. The molecule has 0 saturated heterocycles. The summed E-state index contributed by atoms with van der Waals surface area (Å²) < 4.78 is 29.7. The second kappa shape index (κ2) is 8.28. The Balaban J connectivity index is 2.08. The number of amides is 1. The van der Waals surface area contributed by atoms with Gasteiger partial charge in [-0.05, 0) is 31.4 Å². The predicted molar refractivity (Wildman–Crippen MR) is 84.7 cm³/mol. The number of rotatable bonds is 6. The highest BCUT2D eigenvalue weighted by molar-refractivity contribution is 6.32. The third kappa shape index (κ3) is 4.80. The van der Waals surface area contributed by atoms with Gasteiger partial charge in [0.25, 0.3) is 6.43 Å². The van der Waals surface area contributed by atoms with Crippen molar-refractivity contribution in [3.8, 4) is 5.75 Å². The van der Waals surface area contributed by atoms with Gasteiger partial charge in [-0.1, -0.05) is 24.1 Å². The van der Waals surface area contributed by atoms with Crippen molar-refractivity contribution in [1.82, 2.24) is 0 Å². The molecule has 1 saturated carbocycles. The third-order valence-electron chi connectivity index (χ3n) is 3.97. The van der Waals surface area contributed by atoms with Crippen LogP contribution >= 0.6 is 11.6 Å². The Morgan fingerprint density at radius 3 is 2.71 bits per heavy atom. The summed E-state index contributed by atoms with van der Waals surface area (Å²) in [5.74, 6) is -2.26. The molecule has 8 heteroatoms. The number of aliphatic carboxylic acids is 1. The SMILES string of the molecule is O=C(O)C1CCCC(C(=O)Nc2cccc(Cl)c2OCC(F)F)C1. The first kappa shape index (κ1) is 18.4. The van der Waals surface area contributed by atoms with E-state index in [1.165, 1.54) is 12.1 Å². The molecule has 2 rings (SSSR count). The summed E-state index contributed by atoms with van der Waals surface area (Å²) in [7, 11) is 0. The molecular formula is C16H18ClF2NO4. The Labute approximate surface area is 142 Å². The van der Waals surface area contributed by atoms with Crippen molar-refractivity contribution in [2.75, 3.05) is 11.9 Å². The molecule has 2 atom stereocenters. The van der Waals surface area contributed by atoms with E-state index in [2.05, 4.69) is 5.32 Å². The lowest BCUT2D eigenvalue weighted by Gasteiger charge is -2.26. The van der Waals surface area contributed by atoms with Gasteiger partial charge in [0.15, 0.2) is 5.75 Å². The van der Waals surface area contributed by atoms with Crippen LogP contribution < -0.4 is 10.1 Å². The fraction of sp³-hybridized carbons (Fsp3) is 0.500. The fourth-order valence-corrected chi connectivity index (χ4v) is 3.02. The highest BCUT2D eigenvalue weighted by atomic mass is 35.5. The minimum atomic E-state index is -2.67. The molecule has 1 aliphatic carbocycles. The number of alkyl halides is 2. The Hall–Kier alpha value is -1.89. The second-order valence-corrected chi connectivity index (χ2v) is 6.11. The van der Waals surface area contributed by atoms with Crippen molar-refractivity contribution >= 4 is 29.2 Å².